The molecule has 0 radical (unpaired) electrons. The van der Waals surface area contributed by atoms with Gasteiger partial charge in [-0.25, -0.2) is 0 Å². The summed E-state index contributed by atoms with van der Waals surface area (Å²) >= 11 is 0. The Balaban J connectivity index is 2.87. The lowest BCUT2D eigenvalue weighted by molar-refractivity contribution is 0.0829. The second-order valence-electron chi connectivity index (χ2n) is 4.54. The maximum Gasteiger partial charge on any atom is 0.232 e. The molecule has 5 heteroatoms. The Morgan fingerprint density at radius 1 is 0.750 bits per heavy atom. The van der Waals surface area contributed by atoms with Gasteiger partial charge in [-0.15, -0.1) is 0 Å². The second-order valence-corrected chi connectivity index (χ2v) is 4.54. The summed E-state index contributed by atoms with van der Waals surface area (Å²) in [5.74, 6) is -1.20. The topological polar surface area (TPSA) is 69.7 Å². The molecule has 104 valence electrons. The van der Waals surface area contributed by atoms with Gasteiger partial charge in [0.05, 0.1) is 14.2 Å². The molecule has 0 saturated carbocycles. The van der Waals surface area contributed by atoms with Crippen LogP contribution in [-0.4, -0.2) is 25.8 Å². The van der Waals surface area contributed by atoms with E-state index in [0.29, 0.717) is 11.1 Å². The number of methoxy groups -OCH3 is 2. The summed E-state index contributed by atoms with van der Waals surface area (Å²) in [6.45, 7) is 3.21. The van der Waals surface area contributed by atoms with E-state index in [9.17, 15) is 14.4 Å². The van der Waals surface area contributed by atoms with Crippen molar-refractivity contribution in [3.05, 3.63) is 56.1 Å². The first-order valence-electron chi connectivity index (χ1n) is 5.99. The highest BCUT2D eigenvalue weighted by Gasteiger charge is 2.34. The molecule has 0 N–H and O–H groups in total. The summed E-state index contributed by atoms with van der Waals surface area (Å²) < 4.78 is 9.94. The monoisotopic (exact) mass is 274 g/mol. The van der Waals surface area contributed by atoms with Crippen molar-refractivity contribution in [2.45, 2.75) is 13.8 Å². The van der Waals surface area contributed by atoms with Crippen molar-refractivity contribution in [3.63, 3.8) is 0 Å². The molecular weight excluding hydrogens is 260 g/mol. The predicted molar refractivity (Wildman–Crippen MR) is 71.9 cm³/mol. The summed E-state index contributed by atoms with van der Waals surface area (Å²) in [6.07, 6.45) is 0. The van der Waals surface area contributed by atoms with Gasteiger partial charge in [0.15, 0.2) is 5.43 Å². The molecule has 0 unspecified atom stereocenters. The van der Waals surface area contributed by atoms with Crippen molar-refractivity contribution in [1.82, 2.24) is 0 Å². The first-order chi connectivity index (χ1) is 9.42. The van der Waals surface area contributed by atoms with Crippen molar-refractivity contribution in [2.24, 2.45) is 0 Å². The van der Waals surface area contributed by atoms with E-state index in [1.165, 1.54) is 26.4 Å². The van der Waals surface area contributed by atoms with Crippen LogP contribution >= 0.6 is 0 Å². The van der Waals surface area contributed by atoms with Crippen LogP contribution in [0, 0.1) is 13.8 Å². The lowest BCUT2D eigenvalue weighted by atomic mass is 9.93. The van der Waals surface area contributed by atoms with Gasteiger partial charge in [-0.05, 0) is 37.1 Å². The highest BCUT2D eigenvalue weighted by Crippen LogP contribution is 2.27. The zero-order chi connectivity index (χ0) is 15.0. The number of hydrogen-bond acceptors (Lipinski definition) is 5. The molecule has 1 aliphatic carbocycles. The molecule has 0 fully saturated rings. The van der Waals surface area contributed by atoms with Crippen molar-refractivity contribution < 1.29 is 19.1 Å². The van der Waals surface area contributed by atoms with Crippen molar-refractivity contribution in [1.29, 1.82) is 0 Å². The van der Waals surface area contributed by atoms with E-state index >= 15 is 0 Å². The van der Waals surface area contributed by atoms with E-state index in [2.05, 4.69) is 0 Å². The third kappa shape index (κ3) is 1.91. The van der Waals surface area contributed by atoms with Crippen LogP contribution in [0.1, 0.15) is 31.8 Å². The maximum atomic E-state index is 12.4. The number of fused-ring (bicyclic) bond motifs is 1. The smallest absolute Gasteiger partial charge is 0.232 e. The van der Waals surface area contributed by atoms with Gasteiger partial charge < -0.3 is 9.47 Å². The van der Waals surface area contributed by atoms with E-state index in [0.717, 1.165) is 0 Å². The Hall–Kier alpha value is -2.43. The van der Waals surface area contributed by atoms with Crippen LogP contribution in [0.15, 0.2) is 28.4 Å². The largest absolute Gasteiger partial charge is 0.489 e. The molecule has 0 spiro atoms. The third-order valence-electron chi connectivity index (χ3n) is 3.24. The number of Topliss-reactive ketones (excluding diaryl/α,β-unsaturated/α-hetero) is 2. The Bertz CT molecular complexity index is 655. The summed E-state index contributed by atoms with van der Waals surface area (Å²) in [6, 6.07) is 2.85. The maximum absolute atomic E-state index is 12.4. The average Bonchev–Trinajstić information content (AvgIpc) is 2.54. The molecular formula is C15H14O5. The van der Waals surface area contributed by atoms with Gasteiger partial charge in [0, 0.05) is 11.1 Å². The summed E-state index contributed by atoms with van der Waals surface area (Å²) in [7, 11) is 2.59. The average molecular weight is 274 g/mol. The molecule has 2 rings (SSSR count). The first-order valence-corrected chi connectivity index (χ1v) is 5.99. The van der Waals surface area contributed by atoms with Gasteiger partial charge in [-0.2, -0.15) is 0 Å². The zero-order valence-corrected chi connectivity index (χ0v) is 11.7. The Morgan fingerprint density at radius 2 is 1.10 bits per heavy atom. The van der Waals surface area contributed by atoms with Crippen LogP contribution in [-0.2, 0) is 9.47 Å². The Morgan fingerprint density at radius 3 is 1.40 bits per heavy atom. The lowest BCUT2D eigenvalue weighted by Gasteiger charge is -2.17. The van der Waals surface area contributed by atoms with E-state index < -0.39 is 11.6 Å². The number of carbonyl (C=O) groups is 2. The molecule has 1 aliphatic rings. The number of ether oxygens (including phenoxy) is 2. The summed E-state index contributed by atoms with van der Waals surface area (Å²) in [4.78, 5) is 36.7. The van der Waals surface area contributed by atoms with Gasteiger partial charge in [-0.1, -0.05) is 0 Å². The Labute approximate surface area is 115 Å². The lowest BCUT2D eigenvalue weighted by Crippen LogP contribution is -2.23. The highest BCUT2D eigenvalue weighted by atomic mass is 16.5. The minimum Gasteiger partial charge on any atom is -0.489 e. The SMILES string of the molecule is COC1=C(OC)C(=O)c2cc(C)c(=O)c(C)cc2C1=O. The van der Waals surface area contributed by atoms with Crippen LogP contribution in [0.2, 0.25) is 0 Å². The highest BCUT2D eigenvalue weighted by molar-refractivity contribution is 6.25. The first kappa shape index (κ1) is 14.0. The number of allylic oxidation sites excluding steroid dienone is 2. The Kier molecular flexibility index (Phi) is 3.44. The van der Waals surface area contributed by atoms with E-state index in [1.54, 1.807) is 13.8 Å². The summed E-state index contributed by atoms with van der Waals surface area (Å²) in [5.41, 5.74) is 0.936. The minimum atomic E-state index is -0.461. The molecule has 20 heavy (non-hydrogen) atoms. The molecule has 0 atom stereocenters. The fourth-order valence-corrected chi connectivity index (χ4v) is 2.23. The molecule has 0 aromatic heterocycles. The van der Waals surface area contributed by atoms with Crippen molar-refractivity contribution in [2.75, 3.05) is 14.2 Å². The summed E-state index contributed by atoms with van der Waals surface area (Å²) in [5, 5.41) is 0. The number of ketones is 2. The van der Waals surface area contributed by atoms with E-state index in [1.807, 2.05) is 0 Å². The fraction of sp³-hybridized carbons (Fsp3) is 0.267. The number of aryl methyl sites for hydroxylation is 2. The van der Waals surface area contributed by atoms with E-state index in [4.69, 9.17) is 9.47 Å². The number of hydrogen-bond donors (Lipinski definition) is 0. The van der Waals surface area contributed by atoms with Crippen LogP contribution in [0.25, 0.3) is 0 Å². The van der Waals surface area contributed by atoms with Crippen molar-refractivity contribution >= 4 is 11.6 Å². The predicted octanol–water partition coefficient (Wildman–Crippen LogP) is 1.55. The standard InChI is InChI=1S/C15H14O5/c1-7-5-9-10(6-8(2)11(7)16)13(18)15(20-4)14(19-3)12(9)17/h5-6H,1-4H3. The quantitative estimate of drug-likeness (QED) is 0.818. The molecule has 0 heterocycles. The van der Waals surface area contributed by atoms with Gasteiger partial charge in [0.25, 0.3) is 0 Å². The van der Waals surface area contributed by atoms with Gasteiger partial charge in [-0.3, -0.25) is 14.4 Å². The van der Waals surface area contributed by atoms with E-state index in [-0.39, 0.29) is 28.1 Å². The molecule has 5 nitrogen and oxygen atoms in total. The van der Waals surface area contributed by atoms with Crippen LogP contribution in [0.3, 0.4) is 0 Å². The third-order valence-corrected chi connectivity index (χ3v) is 3.24. The van der Waals surface area contributed by atoms with Crippen LogP contribution in [0.4, 0.5) is 0 Å². The molecule has 0 saturated heterocycles. The van der Waals surface area contributed by atoms with Gasteiger partial charge in [0.2, 0.25) is 23.1 Å². The number of rotatable bonds is 2. The second kappa shape index (κ2) is 4.92. The molecule has 0 bridgehead atoms. The number of carbonyl (C=O) groups excluding carboxylic acids is 2. The zero-order valence-electron chi connectivity index (χ0n) is 11.7. The van der Waals surface area contributed by atoms with Gasteiger partial charge >= 0.3 is 0 Å². The molecule has 0 amide bonds. The molecule has 0 aliphatic heterocycles. The van der Waals surface area contributed by atoms with Gasteiger partial charge in [0.1, 0.15) is 0 Å². The minimum absolute atomic E-state index is 0.138. The normalized spacial score (nSPS) is 14.2. The van der Waals surface area contributed by atoms with Crippen LogP contribution in [0.5, 0.6) is 0 Å². The molecule has 1 aromatic rings. The fourth-order valence-electron chi connectivity index (χ4n) is 2.23. The molecule has 1 aromatic carbocycles. The van der Waals surface area contributed by atoms with Crippen molar-refractivity contribution in [3.8, 4) is 0 Å². The van der Waals surface area contributed by atoms with Crippen LogP contribution < -0.4 is 5.43 Å².